The van der Waals surface area contributed by atoms with Gasteiger partial charge < -0.3 is 15.0 Å². The first-order valence-electron chi connectivity index (χ1n) is 8.29. The Morgan fingerprint density at radius 2 is 1.50 bits per heavy atom. The summed E-state index contributed by atoms with van der Waals surface area (Å²) in [5, 5.41) is 3.03. The summed E-state index contributed by atoms with van der Waals surface area (Å²) in [6.45, 7) is 3.69. The van der Waals surface area contributed by atoms with Crippen molar-refractivity contribution in [3.8, 4) is 0 Å². The van der Waals surface area contributed by atoms with Gasteiger partial charge in [-0.15, -0.1) is 0 Å². The zero-order chi connectivity index (χ0) is 17.4. The molecule has 0 bridgehead atoms. The molecule has 128 valence electrons. The minimum absolute atomic E-state index is 0.136. The van der Waals surface area contributed by atoms with Crippen molar-refractivity contribution in [2.75, 3.05) is 33.8 Å². The normalized spacial score (nSPS) is 11.5. The molecule has 1 N–H and O–H groups in total. The number of amides is 1. The highest BCUT2D eigenvalue weighted by Gasteiger charge is 2.42. The number of nitrogens with one attached hydrogen (secondary N) is 1. The second kappa shape index (κ2) is 8.62. The number of nitrogens with zero attached hydrogens (tertiary/aromatic N) is 1. The Morgan fingerprint density at radius 3 is 1.92 bits per heavy atom. The molecule has 0 unspecified atom stereocenters. The first-order chi connectivity index (χ1) is 11.6. The third kappa shape index (κ3) is 4.02. The predicted octanol–water partition coefficient (Wildman–Crippen LogP) is 2.64. The summed E-state index contributed by atoms with van der Waals surface area (Å²) in [6.07, 6.45) is 0. The molecule has 2 aromatic rings. The number of hydrogen-bond donors (Lipinski definition) is 1. The fourth-order valence-corrected chi connectivity index (χ4v) is 2.74. The number of carbonyl (C=O) groups excluding carboxylic acids is 1. The van der Waals surface area contributed by atoms with Crippen LogP contribution in [0.15, 0.2) is 60.7 Å². The molecular weight excluding hydrogens is 300 g/mol. The van der Waals surface area contributed by atoms with Gasteiger partial charge in [-0.2, -0.15) is 0 Å². The van der Waals surface area contributed by atoms with Crippen LogP contribution in [0, 0.1) is 0 Å². The van der Waals surface area contributed by atoms with E-state index in [9.17, 15) is 4.79 Å². The van der Waals surface area contributed by atoms with Gasteiger partial charge in [-0.3, -0.25) is 4.79 Å². The zero-order valence-electron chi connectivity index (χ0n) is 14.7. The van der Waals surface area contributed by atoms with Crippen LogP contribution in [0.3, 0.4) is 0 Å². The van der Waals surface area contributed by atoms with Crippen LogP contribution in [-0.4, -0.2) is 44.6 Å². The van der Waals surface area contributed by atoms with Crippen molar-refractivity contribution in [2.24, 2.45) is 0 Å². The van der Waals surface area contributed by atoms with Gasteiger partial charge in [-0.25, -0.2) is 0 Å². The Kier molecular flexibility index (Phi) is 6.53. The van der Waals surface area contributed by atoms with Crippen LogP contribution >= 0.6 is 0 Å². The second-order valence-electron chi connectivity index (χ2n) is 5.91. The average molecular weight is 326 g/mol. The predicted molar refractivity (Wildman–Crippen MR) is 96.9 cm³/mol. The van der Waals surface area contributed by atoms with Crippen LogP contribution in [0.1, 0.15) is 18.1 Å². The molecule has 0 aliphatic heterocycles. The highest BCUT2D eigenvalue weighted by atomic mass is 16.5. The summed E-state index contributed by atoms with van der Waals surface area (Å²) in [5.41, 5.74) is 0.532. The summed E-state index contributed by atoms with van der Waals surface area (Å²) in [6, 6.07) is 19.4. The summed E-state index contributed by atoms with van der Waals surface area (Å²) >= 11 is 0. The maximum atomic E-state index is 13.2. The maximum absolute atomic E-state index is 13.2. The Bertz CT molecular complexity index is 587. The molecule has 0 radical (unpaired) electrons. The van der Waals surface area contributed by atoms with Gasteiger partial charge in [-0.1, -0.05) is 60.7 Å². The Labute approximate surface area is 144 Å². The summed E-state index contributed by atoms with van der Waals surface area (Å²) < 4.78 is 6.10. The molecule has 0 aliphatic rings. The standard InChI is InChI=1S/C20H26N2O2/c1-4-24-20(17-11-7-5-8-12-17,18-13-9-6-10-14-18)19(23)21-15-16-22(2)3/h5-14H,4,15-16H2,1-3H3,(H,21,23). The lowest BCUT2D eigenvalue weighted by molar-refractivity contribution is -0.142. The number of benzene rings is 2. The molecule has 2 aromatic carbocycles. The van der Waals surface area contributed by atoms with Gasteiger partial charge in [0.25, 0.3) is 5.91 Å². The van der Waals surface area contributed by atoms with E-state index in [1.807, 2.05) is 86.6 Å². The van der Waals surface area contributed by atoms with Crippen molar-refractivity contribution in [2.45, 2.75) is 12.5 Å². The Balaban J connectivity index is 2.44. The van der Waals surface area contributed by atoms with Crippen molar-refractivity contribution < 1.29 is 9.53 Å². The molecular formula is C20H26N2O2. The number of ether oxygens (including phenoxy) is 1. The molecule has 0 fully saturated rings. The molecule has 0 aliphatic carbocycles. The third-order valence-corrected chi connectivity index (χ3v) is 3.89. The maximum Gasteiger partial charge on any atom is 0.261 e. The van der Waals surface area contributed by atoms with E-state index in [1.165, 1.54) is 0 Å². The van der Waals surface area contributed by atoms with Gasteiger partial charge in [-0.05, 0) is 32.1 Å². The molecule has 0 atom stereocenters. The lowest BCUT2D eigenvalue weighted by Gasteiger charge is -2.33. The smallest absolute Gasteiger partial charge is 0.261 e. The van der Waals surface area contributed by atoms with Gasteiger partial charge in [0.2, 0.25) is 0 Å². The fourth-order valence-electron chi connectivity index (χ4n) is 2.74. The largest absolute Gasteiger partial charge is 0.356 e. The Morgan fingerprint density at radius 1 is 1.00 bits per heavy atom. The lowest BCUT2D eigenvalue weighted by atomic mass is 9.85. The van der Waals surface area contributed by atoms with Crippen molar-refractivity contribution >= 4 is 5.91 Å². The van der Waals surface area contributed by atoms with Crippen molar-refractivity contribution in [1.29, 1.82) is 0 Å². The van der Waals surface area contributed by atoms with Crippen molar-refractivity contribution in [1.82, 2.24) is 10.2 Å². The van der Waals surface area contributed by atoms with Gasteiger partial charge in [0.15, 0.2) is 5.60 Å². The first-order valence-corrected chi connectivity index (χ1v) is 8.29. The minimum atomic E-state index is -1.14. The number of rotatable bonds is 8. The molecule has 0 spiro atoms. The van der Waals surface area contributed by atoms with E-state index in [-0.39, 0.29) is 5.91 Å². The topological polar surface area (TPSA) is 41.6 Å². The molecule has 0 aromatic heterocycles. The summed E-state index contributed by atoms with van der Waals surface area (Å²) in [4.78, 5) is 15.2. The van der Waals surface area contributed by atoms with Crippen LogP contribution in [-0.2, 0) is 15.1 Å². The molecule has 0 saturated carbocycles. The van der Waals surface area contributed by atoms with Crippen LogP contribution in [0.4, 0.5) is 0 Å². The number of carbonyl (C=O) groups is 1. The van der Waals surface area contributed by atoms with E-state index in [0.717, 1.165) is 17.7 Å². The van der Waals surface area contributed by atoms with E-state index in [2.05, 4.69) is 5.32 Å². The molecule has 0 heterocycles. The minimum Gasteiger partial charge on any atom is -0.356 e. The van der Waals surface area contributed by atoms with E-state index in [4.69, 9.17) is 4.74 Å². The fraction of sp³-hybridized carbons (Fsp3) is 0.350. The average Bonchev–Trinajstić information content (AvgIpc) is 2.60. The molecule has 2 rings (SSSR count). The zero-order valence-corrected chi connectivity index (χ0v) is 14.7. The van der Waals surface area contributed by atoms with Crippen molar-refractivity contribution in [3.05, 3.63) is 71.8 Å². The van der Waals surface area contributed by atoms with Gasteiger partial charge in [0, 0.05) is 19.7 Å². The van der Waals surface area contributed by atoms with Crippen LogP contribution in [0.25, 0.3) is 0 Å². The molecule has 4 heteroatoms. The summed E-state index contributed by atoms with van der Waals surface area (Å²) in [7, 11) is 3.96. The monoisotopic (exact) mass is 326 g/mol. The quantitative estimate of drug-likeness (QED) is 0.811. The van der Waals surface area contributed by atoms with Crippen molar-refractivity contribution in [3.63, 3.8) is 0 Å². The number of likely N-dealkylation sites (N-methyl/N-ethyl adjacent to an activating group) is 1. The Hall–Kier alpha value is -2.17. The molecule has 1 amide bonds. The van der Waals surface area contributed by atoms with Gasteiger partial charge >= 0.3 is 0 Å². The van der Waals surface area contributed by atoms with Crippen LogP contribution in [0.2, 0.25) is 0 Å². The molecule has 24 heavy (non-hydrogen) atoms. The van der Waals surface area contributed by atoms with Crippen LogP contribution in [0.5, 0.6) is 0 Å². The van der Waals surface area contributed by atoms with E-state index < -0.39 is 5.60 Å². The summed E-state index contributed by atoms with van der Waals surface area (Å²) in [5.74, 6) is -0.136. The van der Waals surface area contributed by atoms with E-state index in [1.54, 1.807) is 0 Å². The molecule has 0 saturated heterocycles. The third-order valence-electron chi connectivity index (χ3n) is 3.89. The highest BCUT2D eigenvalue weighted by molar-refractivity contribution is 5.90. The van der Waals surface area contributed by atoms with E-state index in [0.29, 0.717) is 13.2 Å². The number of hydrogen-bond acceptors (Lipinski definition) is 3. The van der Waals surface area contributed by atoms with Gasteiger partial charge in [0.05, 0.1) is 0 Å². The van der Waals surface area contributed by atoms with Crippen LogP contribution < -0.4 is 5.32 Å². The SMILES string of the molecule is CCOC(C(=O)NCCN(C)C)(c1ccccc1)c1ccccc1. The first kappa shape index (κ1) is 18.2. The lowest BCUT2D eigenvalue weighted by Crippen LogP contribution is -2.48. The molecule has 4 nitrogen and oxygen atoms in total. The second-order valence-corrected chi connectivity index (χ2v) is 5.91. The highest BCUT2D eigenvalue weighted by Crippen LogP contribution is 2.34. The van der Waals surface area contributed by atoms with E-state index >= 15 is 0 Å². The van der Waals surface area contributed by atoms with Gasteiger partial charge in [0.1, 0.15) is 0 Å².